The Morgan fingerprint density at radius 2 is 2.00 bits per heavy atom. The number of anilines is 2. The highest BCUT2D eigenvalue weighted by Crippen LogP contribution is 2.25. The van der Waals surface area contributed by atoms with Crippen LogP contribution in [0.4, 0.5) is 11.4 Å². The SMILES string of the molecule is CCCn1c(SCC(=O)Nc2ccc(N(C)C)cc2)nnc1-c1ccco1. The molecule has 1 amide bonds. The number of benzene rings is 1. The highest BCUT2D eigenvalue weighted by molar-refractivity contribution is 7.99. The van der Waals surface area contributed by atoms with E-state index in [0.717, 1.165) is 24.3 Å². The van der Waals surface area contributed by atoms with Crippen molar-refractivity contribution in [3.63, 3.8) is 0 Å². The summed E-state index contributed by atoms with van der Waals surface area (Å²) < 4.78 is 7.42. The number of rotatable bonds is 8. The summed E-state index contributed by atoms with van der Waals surface area (Å²) in [5, 5.41) is 12.1. The molecule has 0 aliphatic rings. The average molecular weight is 385 g/mol. The largest absolute Gasteiger partial charge is 0.461 e. The second-order valence-electron chi connectivity index (χ2n) is 6.21. The van der Waals surface area contributed by atoms with Crippen LogP contribution in [0.2, 0.25) is 0 Å². The molecule has 0 spiro atoms. The molecule has 7 nitrogen and oxygen atoms in total. The van der Waals surface area contributed by atoms with Crippen molar-refractivity contribution in [3.05, 3.63) is 42.7 Å². The van der Waals surface area contributed by atoms with Gasteiger partial charge < -0.3 is 14.6 Å². The third-order valence-electron chi connectivity index (χ3n) is 3.91. The molecule has 3 aromatic rings. The first-order chi connectivity index (χ1) is 13.1. The van der Waals surface area contributed by atoms with Crippen LogP contribution in [0.3, 0.4) is 0 Å². The highest BCUT2D eigenvalue weighted by atomic mass is 32.2. The zero-order valence-corrected chi connectivity index (χ0v) is 16.5. The van der Waals surface area contributed by atoms with Gasteiger partial charge in [0.25, 0.3) is 0 Å². The van der Waals surface area contributed by atoms with Crippen LogP contribution in [0.1, 0.15) is 13.3 Å². The van der Waals surface area contributed by atoms with Crippen LogP contribution in [0, 0.1) is 0 Å². The Labute approximate surface area is 162 Å². The molecule has 1 aromatic carbocycles. The van der Waals surface area contributed by atoms with E-state index in [1.54, 1.807) is 6.26 Å². The lowest BCUT2D eigenvalue weighted by Gasteiger charge is -2.13. The summed E-state index contributed by atoms with van der Waals surface area (Å²) in [5.41, 5.74) is 1.86. The van der Waals surface area contributed by atoms with Crippen molar-refractivity contribution in [2.45, 2.75) is 25.0 Å². The van der Waals surface area contributed by atoms with E-state index in [9.17, 15) is 4.79 Å². The summed E-state index contributed by atoms with van der Waals surface area (Å²) in [6.45, 7) is 2.85. The van der Waals surface area contributed by atoms with Crippen LogP contribution in [0.5, 0.6) is 0 Å². The predicted molar refractivity (Wildman–Crippen MR) is 108 cm³/mol. The number of aromatic nitrogens is 3. The minimum atomic E-state index is -0.0804. The van der Waals surface area contributed by atoms with Gasteiger partial charge >= 0.3 is 0 Å². The van der Waals surface area contributed by atoms with Gasteiger partial charge in [-0.15, -0.1) is 10.2 Å². The van der Waals surface area contributed by atoms with Gasteiger partial charge in [-0.2, -0.15) is 0 Å². The maximum absolute atomic E-state index is 12.3. The predicted octanol–water partition coefficient (Wildman–Crippen LogP) is 3.74. The molecule has 0 bridgehead atoms. The summed E-state index contributed by atoms with van der Waals surface area (Å²) in [4.78, 5) is 14.3. The van der Waals surface area contributed by atoms with Crippen LogP contribution in [-0.2, 0) is 11.3 Å². The number of nitrogens with zero attached hydrogens (tertiary/aromatic N) is 4. The maximum Gasteiger partial charge on any atom is 0.234 e. The minimum absolute atomic E-state index is 0.0804. The average Bonchev–Trinajstić information content (AvgIpc) is 3.30. The molecule has 2 aromatic heterocycles. The first-order valence-corrected chi connectivity index (χ1v) is 9.74. The van der Waals surface area contributed by atoms with Gasteiger partial charge in [-0.05, 0) is 42.8 Å². The van der Waals surface area contributed by atoms with Gasteiger partial charge in [0.05, 0.1) is 12.0 Å². The molecule has 142 valence electrons. The lowest BCUT2D eigenvalue weighted by molar-refractivity contribution is -0.113. The van der Waals surface area contributed by atoms with Crippen LogP contribution in [0.25, 0.3) is 11.6 Å². The molecular weight excluding hydrogens is 362 g/mol. The fourth-order valence-corrected chi connectivity index (χ4v) is 3.34. The molecule has 27 heavy (non-hydrogen) atoms. The van der Waals surface area contributed by atoms with Gasteiger partial charge in [0.1, 0.15) is 0 Å². The summed E-state index contributed by atoms with van der Waals surface area (Å²) >= 11 is 1.37. The fourth-order valence-electron chi connectivity index (χ4n) is 2.58. The van der Waals surface area contributed by atoms with Crippen LogP contribution in [0.15, 0.2) is 52.2 Å². The Bertz CT molecular complexity index is 872. The molecule has 0 unspecified atom stereocenters. The molecule has 0 radical (unpaired) electrons. The summed E-state index contributed by atoms with van der Waals surface area (Å²) in [6, 6.07) is 11.4. The maximum atomic E-state index is 12.3. The van der Waals surface area contributed by atoms with E-state index in [-0.39, 0.29) is 11.7 Å². The Balaban J connectivity index is 1.63. The Morgan fingerprint density at radius 1 is 1.22 bits per heavy atom. The molecular formula is C19H23N5O2S. The van der Waals surface area contributed by atoms with E-state index in [2.05, 4.69) is 22.4 Å². The number of hydrogen-bond donors (Lipinski definition) is 1. The van der Waals surface area contributed by atoms with Gasteiger partial charge in [0, 0.05) is 32.0 Å². The van der Waals surface area contributed by atoms with Crippen LogP contribution in [-0.4, -0.2) is 40.5 Å². The Kier molecular flexibility index (Phi) is 6.18. The van der Waals surface area contributed by atoms with Crippen molar-refractivity contribution < 1.29 is 9.21 Å². The molecule has 1 N–H and O–H groups in total. The van der Waals surface area contributed by atoms with Gasteiger partial charge in [0.2, 0.25) is 5.91 Å². The number of amides is 1. The number of thioether (sulfide) groups is 1. The van der Waals surface area contributed by atoms with E-state index in [1.807, 2.05) is 60.0 Å². The van der Waals surface area contributed by atoms with Crippen LogP contribution < -0.4 is 10.2 Å². The molecule has 0 atom stereocenters. The van der Waals surface area contributed by atoms with E-state index < -0.39 is 0 Å². The van der Waals surface area contributed by atoms with E-state index in [0.29, 0.717) is 16.7 Å². The standard InChI is InChI=1S/C19H23N5O2S/c1-4-11-24-18(16-6-5-12-26-16)21-22-19(24)27-13-17(25)20-14-7-9-15(10-8-14)23(2)3/h5-10,12H,4,11,13H2,1-3H3,(H,20,25). The van der Waals surface area contributed by atoms with Gasteiger partial charge in [-0.1, -0.05) is 18.7 Å². The number of nitrogens with one attached hydrogen (secondary N) is 1. The monoisotopic (exact) mass is 385 g/mol. The smallest absolute Gasteiger partial charge is 0.234 e. The number of furan rings is 1. The lowest BCUT2D eigenvalue weighted by Crippen LogP contribution is -2.15. The molecule has 0 aliphatic carbocycles. The number of carbonyl (C=O) groups is 1. The summed E-state index contributed by atoms with van der Waals surface area (Å²) in [5.74, 6) is 1.54. The highest BCUT2D eigenvalue weighted by Gasteiger charge is 2.16. The molecule has 0 fully saturated rings. The quantitative estimate of drug-likeness (QED) is 0.595. The van der Waals surface area contributed by atoms with Gasteiger partial charge in [-0.3, -0.25) is 9.36 Å². The second-order valence-corrected chi connectivity index (χ2v) is 7.16. The molecule has 3 rings (SSSR count). The number of hydrogen-bond acceptors (Lipinski definition) is 6. The number of carbonyl (C=O) groups excluding carboxylic acids is 1. The second kappa shape index (κ2) is 8.77. The van der Waals surface area contributed by atoms with Gasteiger partial charge in [0.15, 0.2) is 16.7 Å². The van der Waals surface area contributed by atoms with Crippen molar-refractivity contribution in [3.8, 4) is 11.6 Å². The zero-order valence-electron chi connectivity index (χ0n) is 15.7. The summed E-state index contributed by atoms with van der Waals surface area (Å²) in [6.07, 6.45) is 2.55. The van der Waals surface area contributed by atoms with Crippen molar-refractivity contribution in [2.24, 2.45) is 0 Å². The van der Waals surface area contributed by atoms with E-state index >= 15 is 0 Å². The Morgan fingerprint density at radius 3 is 2.63 bits per heavy atom. The first-order valence-electron chi connectivity index (χ1n) is 8.75. The zero-order chi connectivity index (χ0) is 19.2. The fraction of sp³-hybridized carbons (Fsp3) is 0.316. The summed E-state index contributed by atoms with van der Waals surface area (Å²) in [7, 11) is 3.96. The van der Waals surface area contributed by atoms with Crippen molar-refractivity contribution in [1.82, 2.24) is 14.8 Å². The van der Waals surface area contributed by atoms with Gasteiger partial charge in [-0.25, -0.2) is 0 Å². The molecule has 0 saturated heterocycles. The lowest BCUT2D eigenvalue weighted by atomic mass is 10.2. The molecule has 2 heterocycles. The molecule has 0 aliphatic heterocycles. The third-order valence-corrected chi connectivity index (χ3v) is 4.87. The first kappa shape index (κ1) is 19.0. The van der Waals surface area contributed by atoms with Crippen molar-refractivity contribution in [1.29, 1.82) is 0 Å². The normalized spacial score (nSPS) is 10.8. The Hall–Kier alpha value is -2.74. The van der Waals surface area contributed by atoms with Crippen molar-refractivity contribution in [2.75, 3.05) is 30.1 Å². The third kappa shape index (κ3) is 4.71. The van der Waals surface area contributed by atoms with Crippen molar-refractivity contribution >= 4 is 29.0 Å². The van der Waals surface area contributed by atoms with Crippen LogP contribution >= 0.6 is 11.8 Å². The van der Waals surface area contributed by atoms with E-state index in [1.165, 1.54) is 11.8 Å². The van der Waals surface area contributed by atoms with E-state index in [4.69, 9.17) is 4.42 Å². The molecule has 8 heteroatoms. The molecule has 0 saturated carbocycles. The minimum Gasteiger partial charge on any atom is -0.461 e. The topological polar surface area (TPSA) is 76.2 Å².